The summed E-state index contributed by atoms with van der Waals surface area (Å²) in [5, 5.41) is 3.56. The fourth-order valence-corrected chi connectivity index (χ4v) is 2.60. The van der Waals surface area contributed by atoms with Crippen LogP contribution in [0.5, 0.6) is 0 Å². The lowest BCUT2D eigenvalue weighted by molar-refractivity contribution is -0.0598. The van der Waals surface area contributed by atoms with Gasteiger partial charge in [-0.25, -0.2) is 0 Å². The van der Waals surface area contributed by atoms with Crippen molar-refractivity contribution in [1.29, 1.82) is 0 Å². The van der Waals surface area contributed by atoms with Crippen LogP contribution in [0.25, 0.3) is 0 Å². The van der Waals surface area contributed by atoms with E-state index < -0.39 is 0 Å². The van der Waals surface area contributed by atoms with Crippen LogP contribution < -0.4 is 5.32 Å². The normalized spacial score (nSPS) is 27.7. The van der Waals surface area contributed by atoms with Gasteiger partial charge in [0.15, 0.2) is 0 Å². The molecule has 1 fully saturated rings. The number of hydrogen-bond acceptors (Lipinski definition) is 3. The van der Waals surface area contributed by atoms with E-state index in [2.05, 4.69) is 44.8 Å². The van der Waals surface area contributed by atoms with E-state index in [0.29, 0.717) is 18.1 Å². The monoisotopic (exact) mass is 256 g/mol. The van der Waals surface area contributed by atoms with E-state index >= 15 is 0 Å². The maximum atomic E-state index is 5.75. The van der Waals surface area contributed by atoms with Crippen molar-refractivity contribution in [3.8, 4) is 0 Å². The van der Waals surface area contributed by atoms with E-state index in [9.17, 15) is 0 Å². The Balaban J connectivity index is 2.29. The summed E-state index contributed by atoms with van der Waals surface area (Å²) in [7, 11) is 0. The summed E-state index contributed by atoms with van der Waals surface area (Å²) in [5.41, 5.74) is 0. The molecular formula is C15H32N2O. The molecule has 0 amide bonds. The van der Waals surface area contributed by atoms with Crippen LogP contribution in [0.15, 0.2) is 0 Å². The highest BCUT2D eigenvalue weighted by molar-refractivity contribution is 4.79. The second-order valence-corrected chi connectivity index (χ2v) is 6.32. The van der Waals surface area contributed by atoms with Crippen LogP contribution in [0.4, 0.5) is 0 Å². The summed E-state index contributed by atoms with van der Waals surface area (Å²) in [5.74, 6) is 1.45. The fraction of sp³-hybridized carbons (Fsp3) is 1.00. The number of ether oxygens (including phenoxy) is 1. The molecule has 1 aliphatic heterocycles. The molecule has 1 saturated heterocycles. The van der Waals surface area contributed by atoms with E-state index in [1.807, 2.05) is 0 Å². The zero-order valence-electron chi connectivity index (χ0n) is 12.9. The van der Waals surface area contributed by atoms with Gasteiger partial charge in [0, 0.05) is 19.1 Å². The zero-order valence-corrected chi connectivity index (χ0v) is 12.9. The lowest BCUT2D eigenvalue weighted by Crippen LogP contribution is -2.50. The molecule has 1 N–H and O–H groups in total. The molecule has 0 saturated carbocycles. The minimum Gasteiger partial charge on any atom is -0.376 e. The Morgan fingerprint density at radius 3 is 2.61 bits per heavy atom. The Labute approximate surface area is 113 Å². The average Bonchev–Trinajstić information content (AvgIpc) is 2.28. The Morgan fingerprint density at radius 1 is 1.28 bits per heavy atom. The third-order valence-corrected chi connectivity index (χ3v) is 3.64. The summed E-state index contributed by atoms with van der Waals surface area (Å²) in [4.78, 5) is 2.62. The van der Waals surface area contributed by atoms with Gasteiger partial charge >= 0.3 is 0 Å². The van der Waals surface area contributed by atoms with Gasteiger partial charge < -0.3 is 10.1 Å². The summed E-state index contributed by atoms with van der Waals surface area (Å²) >= 11 is 0. The van der Waals surface area contributed by atoms with Gasteiger partial charge in [0.05, 0.1) is 12.7 Å². The molecule has 0 bridgehead atoms. The van der Waals surface area contributed by atoms with Crippen LogP contribution >= 0.6 is 0 Å². The van der Waals surface area contributed by atoms with Gasteiger partial charge in [0.1, 0.15) is 0 Å². The number of hydrogen-bond donors (Lipinski definition) is 1. The van der Waals surface area contributed by atoms with Gasteiger partial charge in [-0.15, -0.1) is 0 Å². The molecule has 1 rings (SSSR count). The first-order chi connectivity index (χ1) is 8.52. The smallest absolute Gasteiger partial charge is 0.0674 e. The third kappa shape index (κ3) is 5.68. The van der Waals surface area contributed by atoms with Crippen molar-refractivity contribution in [2.24, 2.45) is 11.8 Å². The first kappa shape index (κ1) is 15.9. The maximum Gasteiger partial charge on any atom is 0.0674 e. The second kappa shape index (κ2) is 8.13. The van der Waals surface area contributed by atoms with Gasteiger partial charge in [-0.3, -0.25) is 4.90 Å². The van der Waals surface area contributed by atoms with Crippen molar-refractivity contribution >= 4 is 0 Å². The molecule has 1 heterocycles. The van der Waals surface area contributed by atoms with Crippen LogP contribution in [-0.4, -0.2) is 49.8 Å². The molecular weight excluding hydrogens is 224 g/mol. The Morgan fingerprint density at radius 2 is 2.00 bits per heavy atom. The van der Waals surface area contributed by atoms with Crippen molar-refractivity contribution in [2.45, 2.75) is 53.2 Å². The molecule has 0 aromatic carbocycles. The van der Waals surface area contributed by atoms with Gasteiger partial charge in [-0.05, 0) is 38.3 Å². The summed E-state index contributed by atoms with van der Waals surface area (Å²) in [6.45, 7) is 16.7. The summed E-state index contributed by atoms with van der Waals surface area (Å²) in [6, 6.07) is 0.619. The largest absolute Gasteiger partial charge is 0.376 e. The molecule has 0 radical (unpaired) electrons. The summed E-state index contributed by atoms with van der Waals surface area (Å²) in [6.07, 6.45) is 1.59. The third-order valence-electron chi connectivity index (χ3n) is 3.64. The first-order valence-electron chi connectivity index (χ1n) is 7.59. The van der Waals surface area contributed by atoms with Gasteiger partial charge in [-0.1, -0.05) is 27.7 Å². The number of nitrogens with zero attached hydrogens (tertiary/aromatic N) is 1. The van der Waals surface area contributed by atoms with Crippen molar-refractivity contribution in [2.75, 3.05) is 32.8 Å². The quantitative estimate of drug-likeness (QED) is 0.757. The van der Waals surface area contributed by atoms with Crippen molar-refractivity contribution in [3.63, 3.8) is 0 Å². The minimum absolute atomic E-state index is 0.392. The van der Waals surface area contributed by atoms with Crippen molar-refractivity contribution in [3.05, 3.63) is 0 Å². The van der Waals surface area contributed by atoms with E-state index in [1.54, 1.807) is 0 Å². The van der Waals surface area contributed by atoms with E-state index in [0.717, 1.165) is 32.2 Å². The van der Waals surface area contributed by atoms with E-state index in [4.69, 9.17) is 4.74 Å². The lowest BCUT2D eigenvalue weighted by atomic mass is 10.1. The molecule has 0 aliphatic carbocycles. The lowest BCUT2D eigenvalue weighted by Gasteiger charge is -2.39. The molecule has 0 aromatic rings. The number of rotatable bonds is 7. The average molecular weight is 256 g/mol. The van der Waals surface area contributed by atoms with Crippen LogP contribution in [0.1, 0.15) is 41.0 Å². The Kier molecular flexibility index (Phi) is 7.20. The molecule has 3 unspecified atom stereocenters. The molecule has 1 aliphatic rings. The van der Waals surface area contributed by atoms with Gasteiger partial charge in [0.2, 0.25) is 0 Å². The maximum absolute atomic E-state index is 5.75. The Hall–Kier alpha value is -0.120. The van der Waals surface area contributed by atoms with Crippen molar-refractivity contribution in [1.82, 2.24) is 10.2 Å². The van der Waals surface area contributed by atoms with Crippen molar-refractivity contribution < 1.29 is 4.74 Å². The predicted octanol–water partition coefficient (Wildman–Crippen LogP) is 2.37. The number of nitrogens with one attached hydrogen (secondary N) is 1. The van der Waals surface area contributed by atoms with Crippen LogP contribution in [-0.2, 0) is 4.74 Å². The summed E-state index contributed by atoms with van der Waals surface area (Å²) < 4.78 is 5.75. The molecule has 108 valence electrons. The molecule has 18 heavy (non-hydrogen) atoms. The minimum atomic E-state index is 0.392. The van der Waals surface area contributed by atoms with Crippen LogP contribution in [0.3, 0.4) is 0 Å². The Bertz CT molecular complexity index is 221. The first-order valence-corrected chi connectivity index (χ1v) is 7.59. The van der Waals surface area contributed by atoms with Crippen LogP contribution in [0.2, 0.25) is 0 Å². The topological polar surface area (TPSA) is 24.5 Å². The fourth-order valence-electron chi connectivity index (χ4n) is 2.60. The molecule has 3 heteroatoms. The zero-order chi connectivity index (χ0) is 13.5. The highest BCUT2D eigenvalue weighted by Crippen LogP contribution is 2.16. The number of morpholine rings is 1. The highest BCUT2D eigenvalue weighted by Gasteiger charge is 2.26. The highest BCUT2D eigenvalue weighted by atomic mass is 16.5. The van der Waals surface area contributed by atoms with E-state index in [1.165, 1.54) is 13.0 Å². The predicted molar refractivity (Wildman–Crippen MR) is 77.9 cm³/mol. The van der Waals surface area contributed by atoms with Gasteiger partial charge in [0.25, 0.3) is 0 Å². The molecule has 0 spiro atoms. The van der Waals surface area contributed by atoms with E-state index in [-0.39, 0.29) is 0 Å². The second-order valence-electron chi connectivity index (χ2n) is 6.32. The SMILES string of the molecule is CCC1COC(C)CN1CC(C)CNCC(C)C. The molecule has 0 aromatic heterocycles. The standard InChI is InChI=1S/C15H32N2O/c1-6-15-11-18-14(5)10-17(15)9-13(4)8-16-7-12(2)3/h12-16H,6-11H2,1-5H3. The van der Waals surface area contributed by atoms with Crippen LogP contribution in [0, 0.1) is 11.8 Å². The molecule has 3 atom stereocenters. The molecule has 3 nitrogen and oxygen atoms in total. The van der Waals surface area contributed by atoms with Gasteiger partial charge in [-0.2, -0.15) is 0 Å².